The second-order valence-electron chi connectivity index (χ2n) is 4.23. The van der Waals surface area contributed by atoms with Gasteiger partial charge in [0.15, 0.2) is 0 Å². The van der Waals surface area contributed by atoms with Gasteiger partial charge in [0.2, 0.25) is 11.8 Å². The van der Waals surface area contributed by atoms with Gasteiger partial charge in [-0.05, 0) is 13.3 Å². The van der Waals surface area contributed by atoms with Crippen molar-refractivity contribution in [3.63, 3.8) is 0 Å². The second-order valence-corrected chi connectivity index (χ2v) is 5.23. The van der Waals surface area contributed by atoms with E-state index in [4.69, 9.17) is 4.74 Å². The largest absolute Gasteiger partial charge is 0.464 e. The van der Waals surface area contributed by atoms with Gasteiger partial charge in [0.25, 0.3) is 0 Å². The number of carbonyl (C=O) groups excluding carboxylic acids is 3. The molecule has 2 aliphatic heterocycles. The smallest absolute Gasteiger partial charge is 0.329 e. The molecule has 18 heavy (non-hydrogen) atoms. The molecular formula is C11H16N2O4S. The normalized spacial score (nSPS) is 27.2. The Morgan fingerprint density at radius 1 is 1.56 bits per heavy atom. The van der Waals surface area contributed by atoms with Gasteiger partial charge >= 0.3 is 5.97 Å². The molecule has 1 unspecified atom stereocenters. The first-order valence-corrected chi connectivity index (χ1v) is 7.13. The summed E-state index contributed by atoms with van der Waals surface area (Å²) >= 11 is 1.52. The van der Waals surface area contributed by atoms with Crippen LogP contribution >= 0.6 is 11.8 Å². The SMILES string of the molecule is CCOC(=O)C1CSCN1C(=O)[C@@H]1CCC(=O)N1. The van der Waals surface area contributed by atoms with E-state index < -0.39 is 12.1 Å². The van der Waals surface area contributed by atoms with Gasteiger partial charge in [0.1, 0.15) is 12.1 Å². The number of nitrogens with zero attached hydrogens (tertiary/aromatic N) is 1. The highest BCUT2D eigenvalue weighted by Gasteiger charge is 2.40. The van der Waals surface area contributed by atoms with Crippen LogP contribution in [0.4, 0.5) is 0 Å². The van der Waals surface area contributed by atoms with E-state index in [9.17, 15) is 14.4 Å². The lowest BCUT2D eigenvalue weighted by Crippen LogP contribution is -2.49. The minimum atomic E-state index is -0.514. The summed E-state index contributed by atoms with van der Waals surface area (Å²) < 4.78 is 4.96. The average molecular weight is 272 g/mol. The minimum Gasteiger partial charge on any atom is -0.464 e. The quantitative estimate of drug-likeness (QED) is 0.716. The lowest BCUT2D eigenvalue weighted by atomic mass is 10.2. The van der Waals surface area contributed by atoms with E-state index in [1.807, 2.05) is 0 Å². The van der Waals surface area contributed by atoms with Gasteiger partial charge in [0.05, 0.1) is 12.5 Å². The molecule has 2 heterocycles. The molecule has 0 saturated carbocycles. The summed E-state index contributed by atoms with van der Waals surface area (Å²) in [4.78, 5) is 36.5. The Morgan fingerprint density at radius 3 is 2.94 bits per heavy atom. The topological polar surface area (TPSA) is 75.7 Å². The Hall–Kier alpha value is -1.24. The molecule has 2 atom stereocenters. The molecule has 1 N–H and O–H groups in total. The summed E-state index contributed by atoms with van der Waals surface area (Å²) in [6.07, 6.45) is 0.885. The summed E-state index contributed by atoms with van der Waals surface area (Å²) in [6.45, 7) is 2.05. The van der Waals surface area contributed by atoms with Gasteiger partial charge in [-0.25, -0.2) is 4.79 Å². The molecular weight excluding hydrogens is 256 g/mol. The van der Waals surface area contributed by atoms with Crippen LogP contribution in [-0.4, -0.2) is 53.0 Å². The fraction of sp³-hybridized carbons (Fsp3) is 0.727. The van der Waals surface area contributed by atoms with Crippen LogP contribution in [0.15, 0.2) is 0 Å². The first-order chi connectivity index (χ1) is 8.63. The van der Waals surface area contributed by atoms with E-state index in [0.29, 0.717) is 31.1 Å². The van der Waals surface area contributed by atoms with Crippen molar-refractivity contribution in [1.29, 1.82) is 0 Å². The molecule has 6 nitrogen and oxygen atoms in total. The van der Waals surface area contributed by atoms with E-state index in [2.05, 4.69) is 5.32 Å². The maximum atomic E-state index is 12.2. The fourth-order valence-corrected chi connectivity index (χ4v) is 3.24. The Labute approximate surface area is 109 Å². The van der Waals surface area contributed by atoms with Crippen LogP contribution in [0.1, 0.15) is 19.8 Å². The van der Waals surface area contributed by atoms with Crippen molar-refractivity contribution in [1.82, 2.24) is 10.2 Å². The van der Waals surface area contributed by atoms with E-state index in [1.54, 1.807) is 6.92 Å². The van der Waals surface area contributed by atoms with Crippen LogP contribution in [-0.2, 0) is 19.1 Å². The molecule has 0 spiro atoms. The van der Waals surface area contributed by atoms with Crippen molar-refractivity contribution in [2.75, 3.05) is 18.2 Å². The Kier molecular flexibility index (Phi) is 4.11. The van der Waals surface area contributed by atoms with Crippen molar-refractivity contribution in [3.05, 3.63) is 0 Å². The monoisotopic (exact) mass is 272 g/mol. The van der Waals surface area contributed by atoms with Gasteiger partial charge < -0.3 is 15.0 Å². The molecule has 2 aliphatic rings. The maximum absolute atomic E-state index is 12.2. The second kappa shape index (κ2) is 5.60. The number of ether oxygens (including phenoxy) is 1. The standard InChI is InChI=1S/C11H16N2O4S/c1-2-17-11(16)8-5-18-6-13(8)10(15)7-3-4-9(14)12-7/h7-8H,2-6H2,1H3,(H,12,14)/t7-,8?/m0/s1. The summed E-state index contributed by atoms with van der Waals surface area (Å²) in [5, 5.41) is 2.63. The Morgan fingerprint density at radius 2 is 2.33 bits per heavy atom. The summed E-state index contributed by atoms with van der Waals surface area (Å²) in [6, 6.07) is -0.993. The zero-order valence-electron chi connectivity index (χ0n) is 10.2. The van der Waals surface area contributed by atoms with Crippen molar-refractivity contribution in [2.24, 2.45) is 0 Å². The number of hydrogen-bond acceptors (Lipinski definition) is 5. The van der Waals surface area contributed by atoms with Crippen molar-refractivity contribution >= 4 is 29.5 Å². The molecule has 0 aromatic rings. The number of thioether (sulfide) groups is 1. The molecule has 0 bridgehead atoms. The highest BCUT2D eigenvalue weighted by Crippen LogP contribution is 2.24. The van der Waals surface area contributed by atoms with Crippen LogP contribution in [0.5, 0.6) is 0 Å². The molecule has 0 aliphatic carbocycles. The summed E-state index contributed by atoms with van der Waals surface area (Å²) in [5.41, 5.74) is 0. The lowest BCUT2D eigenvalue weighted by molar-refractivity contribution is -0.153. The number of carbonyl (C=O) groups is 3. The molecule has 0 aromatic carbocycles. The van der Waals surface area contributed by atoms with E-state index in [-0.39, 0.29) is 17.8 Å². The van der Waals surface area contributed by atoms with Gasteiger partial charge in [0, 0.05) is 12.2 Å². The zero-order chi connectivity index (χ0) is 13.1. The minimum absolute atomic E-state index is 0.104. The molecule has 0 radical (unpaired) electrons. The van der Waals surface area contributed by atoms with Gasteiger partial charge in [-0.2, -0.15) is 0 Å². The Balaban J connectivity index is 2.00. The highest BCUT2D eigenvalue weighted by molar-refractivity contribution is 7.99. The Bertz CT molecular complexity index is 374. The highest BCUT2D eigenvalue weighted by atomic mass is 32.2. The number of rotatable bonds is 3. The molecule has 2 fully saturated rings. The van der Waals surface area contributed by atoms with E-state index in [1.165, 1.54) is 16.7 Å². The van der Waals surface area contributed by atoms with Gasteiger partial charge in [-0.15, -0.1) is 11.8 Å². The van der Waals surface area contributed by atoms with Gasteiger partial charge in [-0.1, -0.05) is 0 Å². The van der Waals surface area contributed by atoms with Gasteiger partial charge in [-0.3, -0.25) is 9.59 Å². The number of amides is 2. The third kappa shape index (κ3) is 2.60. The van der Waals surface area contributed by atoms with E-state index >= 15 is 0 Å². The number of esters is 1. The molecule has 100 valence electrons. The molecule has 7 heteroatoms. The molecule has 0 aromatic heterocycles. The van der Waals surface area contributed by atoms with Crippen molar-refractivity contribution in [2.45, 2.75) is 31.8 Å². The third-order valence-electron chi connectivity index (χ3n) is 3.02. The summed E-state index contributed by atoms with van der Waals surface area (Å²) in [5.74, 6) is 0.400. The van der Waals surface area contributed by atoms with Crippen LogP contribution in [0.25, 0.3) is 0 Å². The molecule has 2 rings (SSSR count). The molecule has 2 saturated heterocycles. The predicted octanol–water partition coefficient (Wildman–Crippen LogP) is -0.270. The zero-order valence-corrected chi connectivity index (χ0v) is 11.0. The first kappa shape index (κ1) is 13.2. The summed E-state index contributed by atoms with van der Waals surface area (Å²) in [7, 11) is 0. The lowest BCUT2D eigenvalue weighted by Gasteiger charge is -2.24. The molecule has 2 amide bonds. The van der Waals surface area contributed by atoms with Crippen LogP contribution in [0.3, 0.4) is 0 Å². The maximum Gasteiger partial charge on any atom is 0.329 e. The third-order valence-corrected chi connectivity index (χ3v) is 4.03. The number of nitrogens with one attached hydrogen (secondary N) is 1. The van der Waals surface area contributed by atoms with Crippen LogP contribution in [0.2, 0.25) is 0 Å². The average Bonchev–Trinajstić information content (AvgIpc) is 2.96. The number of hydrogen-bond donors (Lipinski definition) is 1. The van der Waals surface area contributed by atoms with Crippen LogP contribution < -0.4 is 5.32 Å². The fourth-order valence-electron chi connectivity index (χ4n) is 2.09. The van der Waals surface area contributed by atoms with Crippen molar-refractivity contribution in [3.8, 4) is 0 Å². The first-order valence-electron chi connectivity index (χ1n) is 5.97. The van der Waals surface area contributed by atoms with Crippen molar-refractivity contribution < 1.29 is 19.1 Å². The van der Waals surface area contributed by atoms with Crippen LogP contribution in [0, 0.1) is 0 Å². The van der Waals surface area contributed by atoms with E-state index in [0.717, 1.165) is 0 Å². The predicted molar refractivity (Wildman–Crippen MR) is 65.8 cm³/mol.